The minimum atomic E-state index is 0.364. The molecule has 0 spiro atoms. The molecule has 0 N–H and O–H groups in total. The number of ether oxygens (including phenoxy) is 4. The molecule has 0 heterocycles. The van der Waals surface area contributed by atoms with Gasteiger partial charge in [-0.2, -0.15) is 0 Å². The molecule has 0 aliphatic rings. The monoisotopic (exact) mass is 308 g/mol. The van der Waals surface area contributed by atoms with Gasteiger partial charge in [0.05, 0.1) is 14.2 Å². The summed E-state index contributed by atoms with van der Waals surface area (Å²) >= 11 is 5.89. The first-order valence-corrected chi connectivity index (χ1v) is 6.84. The van der Waals surface area contributed by atoms with Crippen molar-refractivity contribution in [3.8, 4) is 23.0 Å². The van der Waals surface area contributed by atoms with E-state index in [0.29, 0.717) is 41.2 Å². The van der Waals surface area contributed by atoms with Crippen LogP contribution in [0, 0.1) is 0 Å². The van der Waals surface area contributed by atoms with Gasteiger partial charge in [0.1, 0.15) is 19.0 Å². The summed E-state index contributed by atoms with van der Waals surface area (Å²) in [5.41, 5.74) is 0. The molecular weight excluding hydrogens is 292 g/mol. The van der Waals surface area contributed by atoms with Gasteiger partial charge in [-0.3, -0.25) is 0 Å². The first-order chi connectivity index (χ1) is 10.2. The number of para-hydroxylation sites is 1. The molecule has 0 aliphatic heterocycles. The largest absolute Gasteiger partial charge is 0.493 e. The first kappa shape index (κ1) is 15.3. The predicted octanol–water partition coefficient (Wildman–Crippen LogP) is 3.82. The molecule has 5 heteroatoms. The summed E-state index contributed by atoms with van der Waals surface area (Å²) in [6.07, 6.45) is 0. The van der Waals surface area contributed by atoms with Crippen LogP contribution in [0.3, 0.4) is 0 Å². The van der Waals surface area contributed by atoms with E-state index in [1.807, 2.05) is 30.3 Å². The molecule has 0 amide bonds. The fourth-order valence-corrected chi connectivity index (χ4v) is 2.00. The van der Waals surface area contributed by atoms with Crippen LogP contribution in [0.2, 0.25) is 5.02 Å². The van der Waals surface area contributed by atoms with Crippen LogP contribution in [0.15, 0.2) is 42.5 Å². The number of methoxy groups -OCH3 is 2. The van der Waals surface area contributed by atoms with Gasteiger partial charge >= 0.3 is 0 Å². The summed E-state index contributed by atoms with van der Waals surface area (Å²) in [4.78, 5) is 0. The van der Waals surface area contributed by atoms with Crippen LogP contribution in [0.5, 0.6) is 23.0 Å². The second-order valence-corrected chi connectivity index (χ2v) is 4.58. The Morgan fingerprint density at radius 2 is 1.48 bits per heavy atom. The molecule has 0 saturated carbocycles. The summed E-state index contributed by atoms with van der Waals surface area (Å²) < 4.78 is 21.8. The van der Waals surface area contributed by atoms with Gasteiger partial charge in [-0.25, -0.2) is 0 Å². The van der Waals surface area contributed by atoms with Crippen molar-refractivity contribution < 1.29 is 18.9 Å². The van der Waals surface area contributed by atoms with E-state index < -0.39 is 0 Å². The highest BCUT2D eigenvalue weighted by atomic mass is 35.5. The maximum Gasteiger partial charge on any atom is 0.203 e. The number of halogens is 1. The zero-order valence-electron chi connectivity index (χ0n) is 12.0. The van der Waals surface area contributed by atoms with Crippen molar-refractivity contribution in [2.24, 2.45) is 0 Å². The Morgan fingerprint density at radius 3 is 2.10 bits per heavy atom. The summed E-state index contributed by atoms with van der Waals surface area (Å²) in [5, 5.41) is 0.639. The second-order valence-electron chi connectivity index (χ2n) is 4.15. The van der Waals surface area contributed by atoms with Crippen molar-refractivity contribution in [2.75, 3.05) is 27.4 Å². The summed E-state index contributed by atoms with van der Waals surface area (Å²) in [7, 11) is 3.17. The average Bonchev–Trinajstić information content (AvgIpc) is 2.51. The third kappa shape index (κ3) is 4.20. The number of hydrogen-bond acceptors (Lipinski definition) is 4. The van der Waals surface area contributed by atoms with Crippen LogP contribution in [-0.2, 0) is 0 Å². The molecule has 2 rings (SSSR count). The third-order valence-corrected chi connectivity index (χ3v) is 3.01. The van der Waals surface area contributed by atoms with Gasteiger partial charge in [0.25, 0.3) is 0 Å². The lowest BCUT2D eigenvalue weighted by Crippen LogP contribution is -2.10. The fourth-order valence-electron chi connectivity index (χ4n) is 1.82. The minimum Gasteiger partial charge on any atom is -0.493 e. The molecule has 2 aromatic carbocycles. The lowest BCUT2D eigenvalue weighted by atomic mass is 10.3. The maximum absolute atomic E-state index is 5.89. The Bertz CT molecular complexity index is 564. The minimum absolute atomic E-state index is 0.364. The van der Waals surface area contributed by atoms with Crippen LogP contribution in [0.4, 0.5) is 0 Å². The summed E-state index contributed by atoms with van der Waals surface area (Å²) in [6.45, 7) is 0.755. The van der Waals surface area contributed by atoms with Gasteiger partial charge in [0, 0.05) is 5.02 Å². The molecule has 4 nitrogen and oxygen atoms in total. The summed E-state index contributed by atoms with van der Waals surface area (Å²) in [5.74, 6) is 2.52. The van der Waals surface area contributed by atoms with E-state index in [-0.39, 0.29) is 0 Å². The van der Waals surface area contributed by atoms with Crippen molar-refractivity contribution in [3.63, 3.8) is 0 Å². The van der Waals surface area contributed by atoms with Crippen LogP contribution in [-0.4, -0.2) is 27.4 Å². The lowest BCUT2D eigenvalue weighted by molar-refractivity contribution is 0.205. The van der Waals surface area contributed by atoms with Crippen LogP contribution < -0.4 is 18.9 Å². The summed E-state index contributed by atoms with van der Waals surface area (Å²) in [6, 6.07) is 12.7. The Kier molecular flexibility index (Phi) is 5.58. The molecule has 0 saturated heterocycles. The molecule has 0 radical (unpaired) electrons. The van der Waals surface area contributed by atoms with Crippen LogP contribution >= 0.6 is 11.6 Å². The molecule has 0 fully saturated rings. The van der Waals surface area contributed by atoms with Gasteiger partial charge in [-0.15, -0.1) is 0 Å². The van der Waals surface area contributed by atoms with Crippen molar-refractivity contribution >= 4 is 11.6 Å². The Balaban J connectivity index is 1.91. The highest BCUT2D eigenvalue weighted by Gasteiger charge is 2.10. The van der Waals surface area contributed by atoms with E-state index >= 15 is 0 Å². The molecular formula is C16H17ClO4. The quantitative estimate of drug-likeness (QED) is 0.729. The standard InChI is InChI=1S/C16H17ClO4/c1-18-14-7-4-8-15(19-2)16(14)21-10-9-20-13-6-3-5-12(17)11-13/h3-8,11H,9-10H2,1-2H3. The van der Waals surface area contributed by atoms with E-state index in [2.05, 4.69) is 0 Å². The highest BCUT2D eigenvalue weighted by Crippen LogP contribution is 2.36. The zero-order chi connectivity index (χ0) is 15.1. The van der Waals surface area contributed by atoms with E-state index in [1.54, 1.807) is 26.4 Å². The molecule has 112 valence electrons. The normalized spacial score (nSPS) is 10.0. The molecule has 21 heavy (non-hydrogen) atoms. The molecule has 0 atom stereocenters. The van der Waals surface area contributed by atoms with Gasteiger partial charge in [0.2, 0.25) is 5.75 Å². The van der Waals surface area contributed by atoms with Crippen LogP contribution in [0.1, 0.15) is 0 Å². The van der Waals surface area contributed by atoms with Gasteiger partial charge in [-0.05, 0) is 30.3 Å². The Morgan fingerprint density at radius 1 is 0.857 bits per heavy atom. The fraction of sp³-hybridized carbons (Fsp3) is 0.250. The van der Waals surface area contributed by atoms with E-state index in [0.717, 1.165) is 0 Å². The van der Waals surface area contributed by atoms with Crippen molar-refractivity contribution in [2.45, 2.75) is 0 Å². The SMILES string of the molecule is COc1cccc(OC)c1OCCOc1cccc(Cl)c1. The Hall–Kier alpha value is -2.07. The molecule has 0 unspecified atom stereocenters. The van der Waals surface area contributed by atoms with E-state index in [9.17, 15) is 0 Å². The third-order valence-electron chi connectivity index (χ3n) is 2.78. The molecule has 2 aromatic rings. The second kappa shape index (κ2) is 7.64. The van der Waals surface area contributed by atoms with Crippen molar-refractivity contribution in [1.82, 2.24) is 0 Å². The number of benzene rings is 2. The molecule has 0 aliphatic carbocycles. The van der Waals surface area contributed by atoms with Gasteiger partial charge in [-0.1, -0.05) is 23.7 Å². The Labute approximate surface area is 129 Å². The van der Waals surface area contributed by atoms with Crippen molar-refractivity contribution in [3.05, 3.63) is 47.5 Å². The highest BCUT2D eigenvalue weighted by molar-refractivity contribution is 6.30. The van der Waals surface area contributed by atoms with Gasteiger partial charge < -0.3 is 18.9 Å². The molecule has 0 bridgehead atoms. The van der Waals surface area contributed by atoms with Crippen LogP contribution in [0.25, 0.3) is 0 Å². The zero-order valence-corrected chi connectivity index (χ0v) is 12.7. The predicted molar refractivity (Wildman–Crippen MR) is 82.0 cm³/mol. The smallest absolute Gasteiger partial charge is 0.203 e. The first-order valence-electron chi connectivity index (χ1n) is 6.46. The average molecular weight is 309 g/mol. The maximum atomic E-state index is 5.89. The van der Waals surface area contributed by atoms with E-state index in [1.165, 1.54) is 0 Å². The number of hydrogen-bond donors (Lipinski definition) is 0. The topological polar surface area (TPSA) is 36.9 Å². The van der Waals surface area contributed by atoms with Crippen molar-refractivity contribution in [1.29, 1.82) is 0 Å². The van der Waals surface area contributed by atoms with E-state index in [4.69, 9.17) is 30.5 Å². The lowest BCUT2D eigenvalue weighted by Gasteiger charge is -2.14. The molecule has 0 aromatic heterocycles. The number of rotatable bonds is 7. The van der Waals surface area contributed by atoms with Gasteiger partial charge in [0.15, 0.2) is 11.5 Å².